The van der Waals surface area contributed by atoms with E-state index in [1.54, 1.807) is 0 Å². The van der Waals surface area contributed by atoms with Gasteiger partial charge < -0.3 is 4.90 Å². The van der Waals surface area contributed by atoms with E-state index in [-0.39, 0.29) is 0 Å². The van der Waals surface area contributed by atoms with Gasteiger partial charge >= 0.3 is 0 Å². The lowest BCUT2D eigenvalue weighted by Crippen LogP contribution is -2.34. The summed E-state index contributed by atoms with van der Waals surface area (Å²) in [5.74, 6) is 0. The average Bonchev–Trinajstić information content (AvgIpc) is 2.62. The first-order valence-electron chi connectivity index (χ1n) is 5.51. The molecule has 0 aromatic heterocycles. The molecule has 2 heteroatoms. The van der Waals surface area contributed by atoms with Crippen LogP contribution in [-0.4, -0.2) is 18.4 Å². The summed E-state index contributed by atoms with van der Waals surface area (Å²) < 4.78 is 0. The van der Waals surface area contributed by atoms with Crippen LogP contribution in [0.2, 0.25) is 0 Å². The lowest BCUT2D eigenvalue weighted by Gasteiger charge is -2.30. The molecule has 1 aliphatic rings. The highest BCUT2D eigenvalue weighted by Gasteiger charge is 2.25. The van der Waals surface area contributed by atoms with E-state index in [0.717, 1.165) is 11.9 Å². The maximum Gasteiger partial charge on any atom is 0.0399 e. The highest BCUT2D eigenvalue weighted by atomic mass is 79.9. The topological polar surface area (TPSA) is 3.24 Å². The van der Waals surface area contributed by atoms with E-state index in [1.807, 2.05) is 0 Å². The van der Waals surface area contributed by atoms with Gasteiger partial charge in [0.1, 0.15) is 0 Å². The smallest absolute Gasteiger partial charge is 0.0399 e. The predicted molar refractivity (Wildman–Crippen MR) is 69.9 cm³/mol. The zero-order valence-corrected chi connectivity index (χ0v) is 11.0. The molecule has 15 heavy (non-hydrogen) atoms. The van der Waals surface area contributed by atoms with Gasteiger partial charge in [0.25, 0.3) is 0 Å². The normalized spacial score (nSPS) is 15.5. The van der Waals surface area contributed by atoms with Crippen molar-refractivity contribution in [2.24, 2.45) is 5.41 Å². The van der Waals surface area contributed by atoms with Crippen molar-refractivity contribution in [1.82, 2.24) is 0 Å². The Hall–Kier alpha value is -0.500. The van der Waals surface area contributed by atoms with Crippen molar-refractivity contribution in [3.05, 3.63) is 29.8 Å². The fourth-order valence-corrected chi connectivity index (χ4v) is 2.31. The van der Waals surface area contributed by atoms with Gasteiger partial charge in [-0.3, -0.25) is 0 Å². The van der Waals surface area contributed by atoms with Crippen LogP contribution >= 0.6 is 15.9 Å². The maximum atomic E-state index is 3.59. The number of anilines is 1. The molecule has 0 N–H and O–H groups in total. The first-order valence-corrected chi connectivity index (χ1v) is 6.63. The molecule has 0 spiro atoms. The van der Waals surface area contributed by atoms with E-state index < -0.39 is 0 Å². The van der Waals surface area contributed by atoms with Crippen molar-refractivity contribution in [2.75, 3.05) is 23.3 Å². The van der Waals surface area contributed by atoms with Gasteiger partial charge in [-0.2, -0.15) is 0 Å². The van der Waals surface area contributed by atoms with Crippen molar-refractivity contribution in [2.45, 2.75) is 20.3 Å². The van der Waals surface area contributed by atoms with E-state index >= 15 is 0 Å². The Morgan fingerprint density at radius 1 is 1.33 bits per heavy atom. The number of nitrogens with zero attached hydrogens (tertiary/aromatic N) is 1. The Labute approximate surface area is 101 Å². The predicted octanol–water partition coefficient (Wildman–Crippen LogP) is 3.47. The van der Waals surface area contributed by atoms with E-state index in [4.69, 9.17) is 0 Å². The third-order valence-corrected chi connectivity index (χ3v) is 4.48. The van der Waals surface area contributed by atoms with E-state index in [0.29, 0.717) is 5.41 Å². The molecule has 0 amide bonds. The van der Waals surface area contributed by atoms with Crippen LogP contribution in [0.25, 0.3) is 0 Å². The van der Waals surface area contributed by atoms with E-state index in [9.17, 15) is 0 Å². The number of rotatable bonds is 3. The molecule has 1 aliphatic heterocycles. The molecule has 0 atom stereocenters. The van der Waals surface area contributed by atoms with Crippen molar-refractivity contribution in [3.63, 3.8) is 0 Å². The van der Waals surface area contributed by atoms with Gasteiger partial charge in [-0.25, -0.2) is 0 Å². The van der Waals surface area contributed by atoms with Crippen LogP contribution in [0.4, 0.5) is 5.69 Å². The maximum absolute atomic E-state index is 3.59. The van der Waals surface area contributed by atoms with Crippen LogP contribution < -0.4 is 4.90 Å². The van der Waals surface area contributed by atoms with Gasteiger partial charge in [0.05, 0.1) is 0 Å². The Balaban J connectivity index is 2.14. The fraction of sp³-hybridized carbons (Fsp3) is 0.538. The number of fused-ring (bicyclic) bond motifs is 1. The van der Waals surface area contributed by atoms with Crippen LogP contribution in [-0.2, 0) is 6.42 Å². The van der Waals surface area contributed by atoms with Crippen molar-refractivity contribution in [3.8, 4) is 0 Å². The monoisotopic (exact) mass is 267 g/mol. The number of benzene rings is 1. The van der Waals surface area contributed by atoms with Crippen LogP contribution in [0.15, 0.2) is 24.3 Å². The second-order valence-corrected chi connectivity index (χ2v) is 5.66. The zero-order chi connectivity index (χ0) is 10.9. The molecule has 0 unspecified atom stereocenters. The highest BCUT2D eigenvalue weighted by molar-refractivity contribution is 9.09. The molecular weight excluding hydrogens is 250 g/mol. The van der Waals surface area contributed by atoms with Gasteiger partial charge in [-0.15, -0.1) is 0 Å². The molecule has 2 rings (SSSR count). The van der Waals surface area contributed by atoms with Crippen molar-refractivity contribution >= 4 is 21.6 Å². The summed E-state index contributed by atoms with van der Waals surface area (Å²) in [4.78, 5) is 2.51. The summed E-state index contributed by atoms with van der Waals surface area (Å²) in [6.07, 6.45) is 1.20. The summed E-state index contributed by atoms with van der Waals surface area (Å²) in [6.45, 7) is 6.93. The van der Waals surface area contributed by atoms with Crippen molar-refractivity contribution in [1.29, 1.82) is 0 Å². The summed E-state index contributed by atoms with van der Waals surface area (Å²) in [7, 11) is 0. The number of hydrogen-bond donors (Lipinski definition) is 0. The second kappa shape index (κ2) is 4.17. The summed E-state index contributed by atoms with van der Waals surface area (Å²) >= 11 is 3.59. The Bertz CT molecular complexity index is 346. The van der Waals surface area contributed by atoms with Gasteiger partial charge in [-0.05, 0) is 23.5 Å². The Kier molecular flexibility index (Phi) is 3.06. The van der Waals surface area contributed by atoms with Crippen LogP contribution in [0, 0.1) is 5.41 Å². The molecular formula is C13H18BrN. The molecule has 0 radical (unpaired) electrons. The lowest BCUT2D eigenvalue weighted by atomic mass is 9.96. The summed E-state index contributed by atoms with van der Waals surface area (Å²) in [5, 5.41) is 1.05. The molecule has 1 heterocycles. The molecule has 1 nitrogen and oxygen atoms in total. The first kappa shape index (κ1) is 11.0. The standard InChI is InChI=1S/C13H18BrN/c1-13(2,9-14)10-15-8-7-11-5-3-4-6-12(11)15/h3-6H,7-10H2,1-2H3. The zero-order valence-electron chi connectivity index (χ0n) is 9.46. The summed E-state index contributed by atoms with van der Waals surface area (Å²) in [5.41, 5.74) is 3.28. The number of para-hydroxylation sites is 1. The van der Waals surface area contributed by atoms with Gasteiger partial charge in [0.15, 0.2) is 0 Å². The number of halogens is 1. The highest BCUT2D eigenvalue weighted by Crippen LogP contribution is 2.31. The Morgan fingerprint density at radius 3 is 2.80 bits per heavy atom. The largest absolute Gasteiger partial charge is 0.370 e. The summed E-state index contributed by atoms with van der Waals surface area (Å²) in [6, 6.07) is 8.76. The molecule has 1 aromatic carbocycles. The lowest BCUT2D eigenvalue weighted by molar-refractivity contribution is 0.426. The van der Waals surface area contributed by atoms with E-state index in [1.165, 1.54) is 24.2 Å². The molecule has 0 bridgehead atoms. The third-order valence-electron chi connectivity index (χ3n) is 2.96. The third kappa shape index (κ3) is 2.36. The first-order chi connectivity index (χ1) is 7.12. The molecule has 0 aliphatic carbocycles. The van der Waals surface area contributed by atoms with Crippen molar-refractivity contribution < 1.29 is 0 Å². The number of hydrogen-bond acceptors (Lipinski definition) is 1. The van der Waals surface area contributed by atoms with Gasteiger partial charge in [-0.1, -0.05) is 48.0 Å². The van der Waals surface area contributed by atoms with Crippen LogP contribution in [0.1, 0.15) is 19.4 Å². The fourth-order valence-electron chi connectivity index (χ4n) is 2.13. The minimum atomic E-state index is 0.345. The molecule has 82 valence electrons. The molecule has 0 saturated carbocycles. The second-order valence-electron chi connectivity index (χ2n) is 5.10. The van der Waals surface area contributed by atoms with Gasteiger partial charge in [0, 0.05) is 24.1 Å². The quantitative estimate of drug-likeness (QED) is 0.759. The molecule has 0 saturated heterocycles. The van der Waals surface area contributed by atoms with Crippen LogP contribution in [0.5, 0.6) is 0 Å². The van der Waals surface area contributed by atoms with E-state index in [2.05, 4.69) is 58.9 Å². The SMILES string of the molecule is CC(C)(CBr)CN1CCc2ccccc21. The average molecular weight is 268 g/mol. The number of alkyl halides is 1. The minimum absolute atomic E-state index is 0.345. The molecule has 0 fully saturated rings. The minimum Gasteiger partial charge on any atom is -0.370 e. The van der Waals surface area contributed by atoms with Crippen LogP contribution in [0.3, 0.4) is 0 Å². The molecule has 1 aromatic rings. The Morgan fingerprint density at radius 2 is 2.07 bits per heavy atom. The van der Waals surface area contributed by atoms with Gasteiger partial charge in [0.2, 0.25) is 0 Å².